The molecular weight excluding hydrogens is 430 g/mol. The number of primary amides is 1. The minimum atomic E-state index is -3.55. The molecule has 9 heteroatoms. The van der Waals surface area contributed by atoms with Crippen molar-refractivity contribution in [2.45, 2.75) is 75.8 Å². The standard InChI is InChI=1S/C23H37N3O5S/c1-20(26-32(29,30)21-16-12-11-13-17-21)31-19-15-10-8-6-4-2-3-5-7-9-14-18-25-23(28)22(24)27/h3,5,11-13,16-17,20,26H,2,4,6-10,14-15,18-19H2,1H3,(H2,24,27)(H,25,28)/b5-3-. The van der Waals surface area contributed by atoms with Crippen molar-refractivity contribution in [1.82, 2.24) is 10.0 Å². The summed E-state index contributed by atoms with van der Waals surface area (Å²) in [6, 6.07) is 8.26. The molecule has 0 radical (unpaired) electrons. The highest BCUT2D eigenvalue weighted by Gasteiger charge is 2.16. The fraction of sp³-hybridized carbons (Fsp3) is 0.565. The van der Waals surface area contributed by atoms with Gasteiger partial charge in [-0.3, -0.25) is 9.59 Å². The van der Waals surface area contributed by atoms with E-state index in [-0.39, 0.29) is 4.90 Å². The molecule has 0 aliphatic heterocycles. The second-order valence-electron chi connectivity index (χ2n) is 7.59. The summed E-state index contributed by atoms with van der Waals surface area (Å²) in [4.78, 5) is 21.7. The Hall–Kier alpha value is -2.23. The summed E-state index contributed by atoms with van der Waals surface area (Å²) in [5, 5.41) is 2.47. The lowest BCUT2D eigenvalue weighted by Gasteiger charge is -2.15. The van der Waals surface area contributed by atoms with Gasteiger partial charge in [-0.05, 0) is 57.6 Å². The number of carbonyl (C=O) groups excluding carboxylic acids is 2. The van der Waals surface area contributed by atoms with E-state index in [1.807, 2.05) is 0 Å². The van der Waals surface area contributed by atoms with E-state index < -0.39 is 28.1 Å². The number of nitrogens with two attached hydrogens (primary N) is 1. The number of carbonyl (C=O) groups is 2. The van der Waals surface area contributed by atoms with Gasteiger partial charge in [0.15, 0.2) is 0 Å². The van der Waals surface area contributed by atoms with Gasteiger partial charge < -0.3 is 15.8 Å². The maximum atomic E-state index is 12.2. The first-order valence-electron chi connectivity index (χ1n) is 11.2. The number of rotatable bonds is 17. The molecule has 1 rings (SSSR count). The number of amides is 2. The number of ether oxygens (including phenoxy) is 1. The van der Waals surface area contributed by atoms with Gasteiger partial charge in [-0.15, -0.1) is 0 Å². The molecule has 0 aromatic heterocycles. The predicted molar refractivity (Wildman–Crippen MR) is 125 cm³/mol. The highest BCUT2D eigenvalue weighted by atomic mass is 32.2. The molecule has 0 fully saturated rings. The van der Waals surface area contributed by atoms with Crippen LogP contribution in [-0.2, 0) is 24.3 Å². The van der Waals surface area contributed by atoms with Crippen LogP contribution >= 0.6 is 0 Å². The number of allylic oxidation sites excluding steroid dienone is 2. The van der Waals surface area contributed by atoms with Gasteiger partial charge in [-0.25, -0.2) is 8.42 Å². The van der Waals surface area contributed by atoms with Crippen LogP contribution in [0.15, 0.2) is 47.4 Å². The molecular formula is C23H37N3O5S. The van der Waals surface area contributed by atoms with Gasteiger partial charge in [-0.1, -0.05) is 49.6 Å². The van der Waals surface area contributed by atoms with E-state index in [0.29, 0.717) is 13.2 Å². The van der Waals surface area contributed by atoms with Crippen molar-refractivity contribution in [2.24, 2.45) is 5.73 Å². The zero-order valence-electron chi connectivity index (χ0n) is 18.9. The Balaban J connectivity index is 1.94. The summed E-state index contributed by atoms with van der Waals surface area (Å²) in [6.07, 6.45) is 12.9. The second-order valence-corrected chi connectivity index (χ2v) is 9.31. The van der Waals surface area contributed by atoms with Gasteiger partial charge in [0, 0.05) is 13.2 Å². The van der Waals surface area contributed by atoms with Crippen LogP contribution in [0.3, 0.4) is 0 Å². The van der Waals surface area contributed by atoms with E-state index in [1.165, 1.54) is 0 Å². The molecule has 2 amide bonds. The van der Waals surface area contributed by atoms with E-state index in [1.54, 1.807) is 37.3 Å². The van der Waals surface area contributed by atoms with Crippen molar-refractivity contribution in [3.05, 3.63) is 42.5 Å². The zero-order valence-corrected chi connectivity index (χ0v) is 19.7. The SMILES string of the molecule is CC(NS(=O)(=O)c1ccccc1)OCCCCCCC/C=C\CCCCNC(=O)C(N)=O. The van der Waals surface area contributed by atoms with Crippen molar-refractivity contribution in [3.63, 3.8) is 0 Å². The lowest BCUT2D eigenvalue weighted by Crippen LogP contribution is -2.36. The number of nitrogens with one attached hydrogen (secondary N) is 2. The Morgan fingerprint density at radius 3 is 2.22 bits per heavy atom. The summed E-state index contributed by atoms with van der Waals surface area (Å²) in [7, 11) is -3.55. The normalized spacial score (nSPS) is 12.7. The van der Waals surface area contributed by atoms with E-state index in [2.05, 4.69) is 22.2 Å². The smallest absolute Gasteiger partial charge is 0.309 e. The maximum absolute atomic E-state index is 12.2. The van der Waals surface area contributed by atoms with Crippen LogP contribution in [-0.4, -0.2) is 39.6 Å². The summed E-state index contributed by atoms with van der Waals surface area (Å²) in [5.74, 6) is -1.67. The molecule has 1 atom stereocenters. The van der Waals surface area contributed by atoms with E-state index in [9.17, 15) is 18.0 Å². The van der Waals surface area contributed by atoms with E-state index in [4.69, 9.17) is 10.5 Å². The van der Waals surface area contributed by atoms with Crippen LogP contribution in [0, 0.1) is 0 Å². The molecule has 0 spiro atoms. The Kier molecular flexibility index (Phi) is 14.3. The highest BCUT2D eigenvalue weighted by Crippen LogP contribution is 2.10. The molecule has 180 valence electrons. The first-order valence-corrected chi connectivity index (χ1v) is 12.7. The molecule has 1 aromatic carbocycles. The quantitative estimate of drug-likeness (QED) is 0.140. The first kappa shape index (κ1) is 27.8. The second kappa shape index (κ2) is 16.4. The molecule has 0 bridgehead atoms. The van der Waals surface area contributed by atoms with Gasteiger partial charge >= 0.3 is 11.8 Å². The molecule has 0 heterocycles. The van der Waals surface area contributed by atoms with Crippen LogP contribution in [0.1, 0.15) is 64.7 Å². The van der Waals surface area contributed by atoms with Crippen LogP contribution in [0.4, 0.5) is 0 Å². The van der Waals surface area contributed by atoms with Crippen molar-refractivity contribution >= 4 is 21.8 Å². The fourth-order valence-corrected chi connectivity index (χ4v) is 4.14. The summed E-state index contributed by atoms with van der Waals surface area (Å²) in [6.45, 7) is 2.69. The molecule has 4 N–H and O–H groups in total. The maximum Gasteiger partial charge on any atom is 0.309 e. The molecule has 0 aliphatic rings. The summed E-state index contributed by atoms with van der Waals surface area (Å²) >= 11 is 0. The number of hydrogen-bond donors (Lipinski definition) is 3. The molecule has 0 saturated carbocycles. The van der Waals surface area contributed by atoms with Crippen molar-refractivity contribution < 1.29 is 22.7 Å². The minimum Gasteiger partial charge on any atom is -0.363 e. The van der Waals surface area contributed by atoms with Crippen molar-refractivity contribution in [3.8, 4) is 0 Å². The fourth-order valence-electron chi connectivity index (χ4n) is 2.99. The molecule has 0 aliphatic carbocycles. The number of hydrogen-bond acceptors (Lipinski definition) is 5. The van der Waals surface area contributed by atoms with Crippen LogP contribution in [0.5, 0.6) is 0 Å². The van der Waals surface area contributed by atoms with Crippen molar-refractivity contribution in [2.75, 3.05) is 13.2 Å². The lowest BCUT2D eigenvalue weighted by molar-refractivity contribution is -0.137. The molecule has 32 heavy (non-hydrogen) atoms. The van der Waals surface area contributed by atoms with Gasteiger partial charge in [0.25, 0.3) is 0 Å². The van der Waals surface area contributed by atoms with E-state index in [0.717, 1.165) is 57.8 Å². The van der Waals surface area contributed by atoms with Crippen LogP contribution < -0.4 is 15.8 Å². The Bertz CT molecular complexity index is 797. The largest absolute Gasteiger partial charge is 0.363 e. The van der Waals surface area contributed by atoms with E-state index >= 15 is 0 Å². The third kappa shape index (κ3) is 13.2. The Morgan fingerprint density at radius 1 is 0.969 bits per heavy atom. The van der Waals surface area contributed by atoms with Crippen LogP contribution in [0.25, 0.3) is 0 Å². The summed E-state index contributed by atoms with van der Waals surface area (Å²) < 4.78 is 32.5. The van der Waals surface area contributed by atoms with Crippen molar-refractivity contribution in [1.29, 1.82) is 0 Å². The van der Waals surface area contributed by atoms with Gasteiger partial charge in [0.2, 0.25) is 10.0 Å². The molecule has 1 unspecified atom stereocenters. The predicted octanol–water partition coefficient (Wildman–Crippen LogP) is 3.00. The third-order valence-corrected chi connectivity index (χ3v) is 6.27. The zero-order chi connectivity index (χ0) is 23.7. The Morgan fingerprint density at radius 2 is 1.56 bits per heavy atom. The average Bonchev–Trinajstić information content (AvgIpc) is 2.76. The first-order chi connectivity index (χ1) is 15.3. The lowest BCUT2D eigenvalue weighted by atomic mass is 10.1. The molecule has 0 saturated heterocycles. The monoisotopic (exact) mass is 467 g/mol. The number of benzene rings is 1. The van der Waals surface area contributed by atoms with Gasteiger partial charge in [0.1, 0.15) is 6.23 Å². The van der Waals surface area contributed by atoms with Crippen LogP contribution in [0.2, 0.25) is 0 Å². The number of sulfonamides is 1. The average molecular weight is 468 g/mol. The molecule has 1 aromatic rings. The highest BCUT2D eigenvalue weighted by molar-refractivity contribution is 7.89. The number of unbranched alkanes of at least 4 members (excludes halogenated alkanes) is 7. The third-order valence-electron chi connectivity index (χ3n) is 4.73. The Labute approximate surface area is 192 Å². The van der Waals surface area contributed by atoms with Gasteiger partial charge in [-0.2, -0.15) is 4.72 Å². The van der Waals surface area contributed by atoms with Gasteiger partial charge in [0.05, 0.1) is 4.90 Å². The molecule has 8 nitrogen and oxygen atoms in total. The topological polar surface area (TPSA) is 128 Å². The summed E-state index contributed by atoms with van der Waals surface area (Å²) in [5.41, 5.74) is 4.85. The minimum absolute atomic E-state index is 0.234.